The molecular formula is C24H30N2O4. The van der Waals surface area contributed by atoms with E-state index in [1.807, 2.05) is 63.5 Å². The average Bonchev–Trinajstić information content (AvgIpc) is 3.11. The molecule has 0 radical (unpaired) electrons. The van der Waals surface area contributed by atoms with E-state index in [0.29, 0.717) is 6.42 Å². The minimum atomic E-state index is -0.441. The first-order valence-electron chi connectivity index (χ1n) is 10.5. The first-order valence-corrected chi connectivity index (χ1v) is 10.5. The summed E-state index contributed by atoms with van der Waals surface area (Å²) in [6, 6.07) is 16.0. The molecule has 0 unspecified atom stereocenters. The topological polar surface area (TPSA) is 71.0 Å². The maximum absolute atomic E-state index is 12.7. The summed E-state index contributed by atoms with van der Waals surface area (Å²) in [4.78, 5) is 14.7. The second-order valence-corrected chi connectivity index (χ2v) is 8.42. The van der Waals surface area contributed by atoms with E-state index in [4.69, 9.17) is 9.47 Å². The van der Waals surface area contributed by atoms with Gasteiger partial charge in [0.05, 0.1) is 25.2 Å². The minimum Gasteiger partial charge on any atom is -0.487 e. The quantitative estimate of drug-likeness (QED) is 0.766. The number of anilines is 1. The Balaban J connectivity index is 1.45. The number of hydrogen-bond acceptors (Lipinski definition) is 5. The molecule has 0 aliphatic carbocycles. The molecule has 4 rings (SSSR count). The van der Waals surface area contributed by atoms with Crippen molar-refractivity contribution in [2.75, 3.05) is 25.6 Å². The van der Waals surface area contributed by atoms with Gasteiger partial charge < -0.3 is 24.8 Å². The molecule has 2 aromatic rings. The van der Waals surface area contributed by atoms with Crippen LogP contribution >= 0.6 is 0 Å². The van der Waals surface area contributed by atoms with Crippen LogP contribution in [0.1, 0.15) is 42.9 Å². The van der Waals surface area contributed by atoms with Crippen LogP contribution in [-0.4, -0.2) is 50.0 Å². The van der Waals surface area contributed by atoms with Gasteiger partial charge >= 0.3 is 0 Å². The number of aliphatic hydroxyl groups is 1. The van der Waals surface area contributed by atoms with E-state index in [0.717, 1.165) is 22.6 Å². The van der Waals surface area contributed by atoms with Crippen molar-refractivity contribution in [3.05, 3.63) is 59.7 Å². The fourth-order valence-electron chi connectivity index (χ4n) is 4.49. The van der Waals surface area contributed by atoms with Gasteiger partial charge in [0.15, 0.2) is 0 Å². The van der Waals surface area contributed by atoms with Crippen molar-refractivity contribution >= 4 is 11.6 Å². The van der Waals surface area contributed by atoms with Crippen molar-refractivity contribution in [3.8, 4) is 5.75 Å². The highest BCUT2D eigenvalue weighted by molar-refractivity contribution is 5.77. The highest BCUT2D eigenvalue weighted by Gasteiger charge is 2.46. The number of nitrogens with one attached hydrogen (secondary N) is 1. The van der Waals surface area contributed by atoms with Gasteiger partial charge in [-0.3, -0.25) is 4.79 Å². The molecule has 0 spiro atoms. The van der Waals surface area contributed by atoms with E-state index in [-0.39, 0.29) is 43.1 Å². The first-order chi connectivity index (χ1) is 14.5. The lowest BCUT2D eigenvalue weighted by atomic mass is 9.84. The van der Waals surface area contributed by atoms with Gasteiger partial charge in [-0.25, -0.2) is 0 Å². The summed E-state index contributed by atoms with van der Waals surface area (Å²) in [6.45, 7) is 1.85. The average molecular weight is 411 g/mol. The Morgan fingerprint density at radius 1 is 1.23 bits per heavy atom. The van der Waals surface area contributed by atoms with Crippen LogP contribution in [0, 0.1) is 0 Å². The summed E-state index contributed by atoms with van der Waals surface area (Å²) in [6.07, 6.45) is 0.0369. The number of benzene rings is 2. The van der Waals surface area contributed by atoms with E-state index in [1.54, 1.807) is 0 Å². The molecule has 1 amide bonds. The van der Waals surface area contributed by atoms with E-state index in [9.17, 15) is 9.90 Å². The van der Waals surface area contributed by atoms with Crippen molar-refractivity contribution < 1.29 is 19.4 Å². The number of ether oxygens (including phenoxy) is 2. The van der Waals surface area contributed by atoms with Crippen LogP contribution in [0.4, 0.5) is 5.69 Å². The molecule has 30 heavy (non-hydrogen) atoms. The number of fused-ring (bicyclic) bond motifs is 3. The standard InChI is InChI=1S/C24H30N2O4/c1-15(16-7-5-4-6-8-16)25-23(28)13-18-12-20-19-11-17(26(2)3)9-10-21(19)30-24(20)22(14-27)29-18/h4-11,15,18,20,22,24,27H,12-14H2,1-3H3,(H,25,28)/t15-,18+,20+,22-,24-/m0/s1. The van der Waals surface area contributed by atoms with Crippen molar-refractivity contribution in [1.29, 1.82) is 0 Å². The predicted molar refractivity (Wildman–Crippen MR) is 116 cm³/mol. The molecule has 0 saturated carbocycles. The lowest BCUT2D eigenvalue weighted by Crippen LogP contribution is -2.47. The molecule has 2 N–H and O–H groups in total. The molecule has 6 nitrogen and oxygen atoms in total. The number of aliphatic hydroxyl groups excluding tert-OH is 1. The van der Waals surface area contributed by atoms with E-state index < -0.39 is 6.10 Å². The highest BCUT2D eigenvalue weighted by Crippen LogP contribution is 2.47. The first kappa shape index (κ1) is 20.7. The summed E-state index contributed by atoms with van der Waals surface area (Å²) < 4.78 is 12.2. The molecule has 6 heteroatoms. The molecule has 2 aliphatic rings. The van der Waals surface area contributed by atoms with Crippen molar-refractivity contribution in [1.82, 2.24) is 5.32 Å². The number of nitrogens with zero attached hydrogens (tertiary/aromatic N) is 1. The van der Waals surface area contributed by atoms with Gasteiger partial charge in [-0.2, -0.15) is 0 Å². The Labute approximate surface area is 177 Å². The summed E-state index contributed by atoms with van der Waals surface area (Å²) in [5.41, 5.74) is 3.31. The third-order valence-corrected chi connectivity index (χ3v) is 6.09. The SMILES string of the molecule is C[C@H](NC(=O)C[C@H]1C[C@@H]2c3cc(N(C)C)ccc3O[C@@H]2[C@H](CO)O1)c1ccccc1. The fraction of sp³-hybridized carbons (Fsp3) is 0.458. The number of hydrogen-bond donors (Lipinski definition) is 2. The predicted octanol–water partition coefficient (Wildman–Crippen LogP) is 3.01. The fourth-order valence-corrected chi connectivity index (χ4v) is 4.49. The summed E-state index contributed by atoms with van der Waals surface area (Å²) in [7, 11) is 4.02. The zero-order chi connectivity index (χ0) is 21.3. The molecule has 1 fully saturated rings. The number of carbonyl (C=O) groups excluding carboxylic acids is 1. The minimum absolute atomic E-state index is 0.0485. The monoisotopic (exact) mass is 410 g/mol. The Morgan fingerprint density at radius 2 is 2.00 bits per heavy atom. The maximum Gasteiger partial charge on any atom is 0.223 e. The Morgan fingerprint density at radius 3 is 2.70 bits per heavy atom. The van der Waals surface area contributed by atoms with Crippen LogP contribution in [0.2, 0.25) is 0 Å². The molecule has 5 atom stereocenters. The highest BCUT2D eigenvalue weighted by atomic mass is 16.6. The summed E-state index contributed by atoms with van der Waals surface area (Å²) >= 11 is 0. The third kappa shape index (κ3) is 4.16. The van der Waals surface area contributed by atoms with Crippen molar-refractivity contribution in [3.63, 3.8) is 0 Å². The lowest BCUT2D eigenvalue weighted by Gasteiger charge is -2.37. The lowest BCUT2D eigenvalue weighted by molar-refractivity contribution is -0.142. The van der Waals surface area contributed by atoms with Crippen LogP contribution < -0.4 is 15.0 Å². The Hall–Kier alpha value is -2.57. The normalized spacial score (nSPS) is 25.6. The van der Waals surface area contributed by atoms with Crippen LogP contribution in [0.3, 0.4) is 0 Å². The molecule has 1 saturated heterocycles. The number of amides is 1. The van der Waals surface area contributed by atoms with Crippen LogP contribution in [0.15, 0.2) is 48.5 Å². The largest absolute Gasteiger partial charge is 0.487 e. The van der Waals surface area contributed by atoms with Gasteiger partial charge in [0.1, 0.15) is 18.0 Å². The summed E-state index contributed by atoms with van der Waals surface area (Å²) in [5.74, 6) is 0.906. The van der Waals surface area contributed by atoms with Gasteiger partial charge in [0.2, 0.25) is 5.91 Å². The van der Waals surface area contributed by atoms with Crippen LogP contribution in [-0.2, 0) is 9.53 Å². The molecule has 0 aromatic heterocycles. The van der Waals surface area contributed by atoms with Crippen LogP contribution in [0.5, 0.6) is 5.75 Å². The van der Waals surface area contributed by atoms with Crippen LogP contribution in [0.25, 0.3) is 0 Å². The molecule has 160 valence electrons. The molecule has 2 aromatic carbocycles. The third-order valence-electron chi connectivity index (χ3n) is 6.09. The number of rotatable bonds is 6. The van der Waals surface area contributed by atoms with E-state index in [2.05, 4.69) is 16.3 Å². The molecule has 2 aliphatic heterocycles. The van der Waals surface area contributed by atoms with E-state index in [1.165, 1.54) is 0 Å². The molecule has 0 bridgehead atoms. The smallest absolute Gasteiger partial charge is 0.223 e. The van der Waals surface area contributed by atoms with Gasteiger partial charge in [-0.05, 0) is 37.1 Å². The van der Waals surface area contributed by atoms with Crippen molar-refractivity contribution in [2.24, 2.45) is 0 Å². The zero-order valence-corrected chi connectivity index (χ0v) is 17.7. The van der Waals surface area contributed by atoms with Crippen molar-refractivity contribution in [2.45, 2.75) is 50.0 Å². The van der Waals surface area contributed by atoms with E-state index >= 15 is 0 Å². The van der Waals surface area contributed by atoms with Gasteiger partial charge in [0.25, 0.3) is 0 Å². The molecular weight excluding hydrogens is 380 g/mol. The second-order valence-electron chi connectivity index (χ2n) is 8.42. The van der Waals surface area contributed by atoms with Gasteiger partial charge in [0, 0.05) is 31.3 Å². The number of carbonyl (C=O) groups is 1. The zero-order valence-electron chi connectivity index (χ0n) is 17.7. The Bertz CT molecular complexity index is 886. The van der Waals surface area contributed by atoms with Gasteiger partial charge in [-0.1, -0.05) is 30.3 Å². The molecule has 2 heterocycles. The second kappa shape index (κ2) is 8.66. The Kier molecular flexibility index (Phi) is 5.97. The van der Waals surface area contributed by atoms with Gasteiger partial charge in [-0.15, -0.1) is 0 Å². The maximum atomic E-state index is 12.7. The summed E-state index contributed by atoms with van der Waals surface area (Å²) in [5, 5.41) is 13.0.